The molecule has 36 heavy (non-hydrogen) atoms. The van der Waals surface area contributed by atoms with Gasteiger partial charge in [0.2, 0.25) is 0 Å². The van der Waals surface area contributed by atoms with Crippen molar-refractivity contribution in [1.29, 1.82) is 0 Å². The molecule has 0 heterocycles. The van der Waals surface area contributed by atoms with Gasteiger partial charge in [0, 0.05) is 5.92 Å². The highest BCUT2D eigenvalue weighted by Gasteiger charge is 2.71. The fraction of sp³-hybridized carbons (Fsp3) is 0.968. The highest BCUT2D eigenvalue weighted by atomic mass is 16.5. The molecule has 0 radical (unpaired) electrons. The van der Waals surface area contributed by atoms with E-state index in [4.69, 9.17) is 4.74 Å². The van der Waals surface area contributed by atoms with Gasteiger partial charge in [0.25, 0.3) is 6.47 Å². The summed E-state index contributed by atoms with van der Waals surface area (Å²) in [4.78, 5) is 11.8. The first-order valence-corrected chi connectivity index (χ1v) is 14.7. The average molecular weight is 507 g/mol. The van der Waals surface area contributed by atoms with Crippen molar-refractivity contribution in [3.05, 3.63) is 0 Å². The lowest BCUT2D eigenvalue weighted by Crippen LogP contribution is -2.66. The normalized spacial score (nSPS) is 47.8. The summed E-state index contributed by atoms with van der Waals surface area (Å²) in [5.41, 5.74) is -1.54. The van der Waals surface area contributed by atoms with Gasteiger partial charge in [-0.2, -0.15) is 0 Å². The molecule has 0 aromatic heterocycles. The van der Waals surface area contributed by atoms with Crippen LogP contribution in [0.4, 0.5) is 0 Å². The molecule has 0 spiro atoms. The summed E-state index contributed by atoms with van der Waals surface area (Å²) >= 11 is 0. The lowest BCUT2D eigenvalue weighted by atomic mass is 9.35. The van der Waals surface area contributed by atoms with Crippen LogP contribution in [0.15, 0.2) is 0 Å². The molecule has 4 fully saturated rings. The van der Waals surface area contributed by atoms with Crippen molar-refractivity contribution in [2.45, 2.75) is 143 Å². The number of carbonyl (C=O) groups excluding carboxylic acids is 1. The number of aliphatic hydroxyl groups is 3. The summed E-state index contributed by atoms with van der Waals surface area (Å²) in [7, 11) is 0. The van der Waals surface area contributed by atoms with Gasteiger partial charge in [-0.05, 0) is 124 Å². The number of hydrogen-bond donors (Lipinski definition) is 3. The Morgan fingerprint density at radius 3 is 2.14 bits per heavy atom. The molecular formula is C31H54O5. The lowest BCUT2D eigenvalue weighted by molar-refractivity contribution is -0.248. The Morgan fingerprint density at radius 2 is 1.53 bits per heavy atom. The highest BCUT2D eigenvalue weighted by Crippen LogP contribution is 2.76. The van der Waals surface area contributed by atoms with Gasteiger partial charge < -0.3 is 20.1 Å². The summed E-state index contributed by atoms with van der Waals surface area (Å²) in [6.07, 6.45) is 8.58. The van der Waals surface area contributed by atoms with E-state index in [0.717, 1.165) is 51.4 Å². The molecule has 0 unspecified atom stereocenters. The fourth-order valence-corrected chi connectivity index (χ4v) is 10.7. The highest BCUT2D eigenvalue weighted by molar-refractivity contribution is 5.38. The fourth-order valence-electron chi connectivity index (χ4n) is 10.7. The monoisotopic (exact) mass is 506 g/mol. The zero-order valence-corrected chi connectivity index (χ0v) is 24.3. The molecule has 10 atom stereocenters. The Labute approximate surface area is 219 Å². The first-order valence-electron chi connectivity index (χ1n) is 14.7. The maximum atomic E-state index is 11.8. The minimum Gasteiger partial charge on any atom is -0.464 e. The molecule has 208 valence electrons. The van der Waals surface area contributed by atoms with Crippen molar-refractivity contribution >= 4 is 6.47 Å². The first-order chi connectivity index (χ1) is 16.4. The van der Waals surface area contributed by atoms with Gasteiger partial charge in [-0.3, -0.25) is 4.79 Å². The average Bonchev–Trinajstić information content (AvgIpc) is 3.12. The predicted octanol–water partition coefficient (Wildman–Crippen LogP) is 5.88. The summed E-state index contributed by atoms with van der Waals surface area (Å²) in [5, 5.41) is 32.9. The second kappa shape index (κ2) is 8.95. The Kier molecular flexibility index (Phi) is 7.05. The van der Waals surface area contributed by atoms with Crippen LogP contribution in [0.3, 0.4) is 0 Å². The van der Waals surface area contributed by atoms with Crippen molar-refractivity contribution in [2.24, 2.45) is 45.3 Å². The Hall–Kier alpha value is -0.650. The SMILES string of the molecule is CC(C)(O)CCC[C@@](C)(O)[C@H]1CC[C@]2(C)[C@@H]1[C@H](OC=O)C[C@@H]1[C@@]3(C)CC[C@H](O)C(C)(C)[C@@H]3CC[C@]12C. The summed E-state index contributed by atoms with van der Waals surface area (Å²) in [6.45, 7) is 18.2. The lowest BCUT2D eigenvalue weighted by Gasteiger charge is -2.70. The molecule has 5 nitrogen and oxygen atoms in total. The van der Waals surface area contributed by atoms with Crippen molar-refractivity contribution in [2.75, 3.05) is 0 Å². The van der Waals surface area contributed by atoms with E-state index in [2.05, 4.69) is 34.6 Å². The van der Waals surface area contributed by atoms with E-state index >= 15 is 0 Å². The molecule has 4 aliphatic carbocycles. The van der Waals surface area contributed by atoms with Gasteiger partial charge in [-0.1, -0.05) is 34.6 Å². The molecule has 0 aromatic carbocycles. The second-order valence-electron chi connectivity index (χ2n) is 15.6. The van der Waals surface area contributed by atoms with Crippen molar-refractivity contribution in [3.8, 4) is 0 Å². The predicted molar refractivity (Wildman–Crippen MR) is 142 cm³/mol. The minimum atomic E-state index is -0.862. The topological polar surface area (TPSA) is 87.0 Å². The Bertz CT molecular complexity index is 829. The molecule has 4 aliphatic rings. The van der Waals surface area contributed by atoms with E-state index in [1.807, 2.05) is 20.8 Å². The van der Waals surface area contributed by atoms with Crippen LogP contribution in [0.1, 0.15) is 120 Å². The Morgan fingerprint density at radius 1 is 0.889 bits per heavy atom. The molecular weight excluding hydrogens is 452 g/mol. The molecule has 0 bridgehead atoms. The Balaban J connectivity index is 1.68. The van der Waals surface area contributed by atoms with Gasteiger partial charge >= 0.3 is 0 Å². The third-order valence-corrected chi connectivity index (χ3v) is 12.8. The quantitative estimate of drug-likeness (QED) is 0.376. The van der Waals surface area contributed by atoms with E-state index < -0.39 is 11.2 Å². The van der Waals surface area contributed by atoms with Gasteiger partial charge in [0.1, 0.15) is 6.10 Å². The molecule has 3 N–H and O–H groups in total. The number of carbonyl (C=O) groups is 1. The van der Waals surface area contributed by atoms with Gasteiger partial charge in [0.15, 0.2) is 0 Å². The smallest absolute Gasteiger partial charge is 0.293 e. The van der Waals surface area contributed by atoms with Crippen LogP contribution in [0, 0.1) is 45.3 Å². The maximum absolute atomic E-state index is 11.8. The third-order valence-electron chi connectivity index (χ3n) is 12.8. The van der Waals surface area contributed by atoms with Crippen molar-refractivity contribution in [1.82, 2.24) is 0 Å². The van der Waals surface area contributed by atoms with Crippen molar-refractivity contribution in [3.63, 3.8) is 0 Å². The van der Waals surface area contributed by atoms with Gasteiger partial charge in [-0.15, -0.1) is 0 Å². The van der Waals surface area contributed by atoms with Crippen LogP contribution in [0.2, 0.25) is 0 Å². The van der Waals surface area contributed by atoms with Crippen LogP contribution in [0.5, 0.6) is 0 Å². The summed E-state index contributed by atoms with van der Waals surface area (Å²) < 4.78 is 5.96. The zero-order chi connectivity index (χ0) is 26.9. The summed E-state index contributed by atoms with van der Waals surface area (Å²) in [6, 6.07) is 0. The molecule has 0 aliphatic heterocycles. The van der Waals surface area contributed by atoms with E-state index in [1.165, 1.54) is 0 Å². The third kappa shape index (κ3) is 4.18. The minimum absolute atomic E-state index is 0.0251. The van der Waals surface area contributed by atoms with Crippen LogP contribution in [-0.4, -0.2) is 45.2 Å². The van der Waals surface area contributed by atoms with E-state index in [1.54, 1.807) is 0 Å². The molecule has 4 rings (SSSR count). The zero-order valence-electron chi connectivity index (χ0n) is 24.3. The number of ether oxygens (including phenoxy) is 1. The number of hydrogen-bond acceptors (Lipinski definition) is 5. The van der Waals surface area contributed by atoms with Crippen LogP contribution < -0.4 is 0 Å². The second-order valence-corrected chi connectivity index (χ2v) is 15.6. The molecule has 5 heteroatoms. The molecule has 4 saturated carbocycles. The number of aliphatic hydroxyl groups excluding tert-OH is 1. The largest absolute Gasteiger partial charge is 0.464 e. The molecule has 0 amide bonds. The van der Waals surface area contributed by atoms with E-state index in [9.17, 15) is 20.1 Å². The van der Waals surface area contributed by atoms with Crippen LogP contribution >= 0.6 is 0 Å². The maximum Gasteiger partial charge on any atom is 0.293 e. The van der Waals surface area contributed by atoms with Crippen LogP contribution in [0.25, 0.3) is 0 Å². The van der Waals surface area contributed by atoms with E-state index in [-0.39, 0.29) is 45.7 Å². The van der Waals surface area contributed by atoms with Crippen molar-refractivity contribution < 1.29 is 24.9 Å². The number of fused-ring (bicyclic) bond motifs is 5. The van der Waals surface area contributed by atoms with Gasteiger partial charge in [0.05, 0.1) is 17.3 Å². The standard InChI is InChI=1S/C31H54O5/c1-26(2,34)13-9-14-31(8,35)20-10-16-30(7)25(20)21(36-19-32)18-23-28(5)15-12-24(33)27(3,4)22(28)11-17-29(23,30)6/h19-25,33-35H,9-18H2,1-8H3/t20-,21+,22-,23+,24-,25-,28-,29+,30+,31+/m0/s1. The first kappa shape index (κ1) is 28.4. The number of rotatable bonds is 7. The van der Waals surface area contributed by atoms with Crippen LogP contribution in [-0.2, 0) is 9.53 Å². The molecule has 0 saturated heterocycles. The molecule has 0 aromatic rings. The summed E-state index contributed by atoms with van der Waals surface area (Å²) in [5.74, 6) is 1.07. The van der Waals surface area contributed by atoms with Gasteiger partial charge in [-0.25, -0.2) is 0 Å². The van der Waals surface area contributed by atoms with E-state index in [0.29, 0.717) is 31.1 Å².